The fourth-order valence-corrected chi connectivity index (χ4v) is 3.80. The minimum absolute atomic E-state index is 0.0741. The van der Waals surface area contributed by atoms with Gasteiger partial charge in [-0.3, -0.25) is 4.79 Å². The Morgan fingerprint density at radius 1 is 1.25 bits per heavy atom. The number of fused-ring (bicyclic) bond motifs is 1. The van der Waals surface area contributed by atoms with Gasteiger partial charge in [-0.25, -0.2) is 0 Å². The first kappa shape index (κ1) is 18.6. The molecule has 2 atom stereocenters. The van der Waals surface area contributed by atoms with Gasteiger partial charge in [-0.1, -0.05) is 30.4 Å². The number of likely N-dealkylation sites (N-methyl/N-ethyl adjacent to an activating group) is 1. The summed E-state index contributed by atoms with van der Waals surface area (Å²) >= 11 is 0. The number of rotatable bonds is 3. The van der Waals surface area contributed by atoms with E-state index in [1.165, 1.54) is 0 Å². The van der Waals surface area contributed by atoms with E-state index in [4.69, 9.17) is 4.74 Å². The molecule has 0 spiro atoms. The third-order valence-corrected chi connectivity index (χ3v) is 5.74. The Morgan fingerprint density at radius 2 is 2.07 bits per heavy atom. The van der Waals surface area contributed by atoms with Crippen molar-refractivity contribution in [3.05, 3.63) is 66.1 Å². The summed E-state index contributed by atoms with van der Waals surface area (Å²) in [4.78, 5) is 17.0. The van der Waals surface area contributed by atoms with Crippen molar-refractivity contribution in [2.24, 2.45) is 5.41 Å². The van der Waals surface area contributed by atoms with Crippen molar-refractivity contribution in [2.45, 2.75) is 25.8 Å². The monoisotopic (exact) mass is 377 g/mol. The van der Waals surface area contributed by atoms with Crippen molar-refractivity contribution in [3.8, 4) is 5.75 Å². The summed E-state index contributed by atoms with van der Waals surface area (Å²) in [7, 11) is 5.96. The maximum absolute atomic E-state index is 13.1. The van der Waals surface area contributed by atoms with Crippen LogP contribution in [0.5, 0.6) is 5.75 Å². The SMILES string of the molecule is CN(C(=O)[C@]1(C)C=CC=CC1)c1ccc2c(c1)OC1=C(C=CC(N(C)C)C1)N2. The van der Waals surface area contributed by atoms with Crippen molar-refractivity contribution < 1.29 is 9.53 Å². The average molecular weight is 377 g/mol. The number of carbonyl (C=O) groups is 1. The number of nitrogens with zero attached hydrogens (tertiary/aromatic N) is 2. The second-order valence-corrected chi connectivity index (χ2v) is 8.11. The van der Waals surface area contributed by atoms with Crippen LogP contribution in [0.25, 0.3) is 0 Å². The van der Waals surface area contributed by atoms with Crippen LogP contribution in [-0.2, 0) is 4.79 Å². The van der Waals surface area contributed by atoms with E-state index in [0.29, 0.717) is 12.5 Å². The van der Waals surface area contributed by atoms with Gasteiger partial charge in [0.25, 0.3) is 0 Å². The molecule has 28 heavy (non-hydrogen) atoms. The quantitative estimate of drug-likeness (QED) is 0.862. The number of hydrogen-bond acceptors (Lipinski definition) is 4. The topological polar surface area (TPSA) is 44.8 Å². The molecule has 1 aliphatic heterocycles. The molecule has 1 amide bonds. The molecule has 1 N–H and O–H groups in total. The van der Waals surface area contributed by atoms with Crippen molar-refractivity contribution >= 4 is 17.3 Å². The van der Waals surface area contributed by atoms with Gasteiger partial charge in [0.1, 0.15) is 5.76 Å². The van der Waals surface area contributed by atoms with Gasteiger partial charge in [0, 0.05) is 31.3 Å². The molecule has 0 saturated heterocycles. The minimum atomic E-state index is -0.513. The van der Waals surface area contributed by atoms with Crippen molar-refractivity contribution in [2.75, 3.05) is 31.4 Å². The second kappa shape index (κ2) is 6.99. The molecule has 3 aliphatic rings. The van der Waals surface area contributed by atoms with E-state index >= 15 is 0 Å². The number of amides is 1. The summed E-state index contributed by atoms with van der Waals surface area (Å²) in [6.45, 7) is 1.98. The Morgan fingerprint density at radius 3 is 2.79 bits per heavy atom. The summed E-state index contributed by atoms with van der Waals surface area (Å²) in [5, 5.41) is 3.45. The Labute approximate surface area is 166 Å². The van der Waals surface area contributed by atoms with E-state index in [-0.39, 0.29) is 5.91 Å². The molecule has 4 rings (SSSR count). The molecule has 0 fully saturated rings. The van der Waals surface area contributed by atoms with Gasteiger partial charge < -0.3 is 19.9 Å². The maximum Gasteiger partial charge on any atom is 0.236 e. The van der Waals surface area contributed by atoms with Crippen molar-refractivity contribution in [1.29, 1.82) is 0 Å². The van der Waals surface area contributed by atoms with Crippen LogP contribution in [-0.4, -0.2) is 38.0 Å². The van der Waals surface area contributed by atoms with Gasteiger partial charge in [-0.2, -0.15) is 0 Å². The first-order chi connectivity index (χ1) is 13.4. The van der Waals surface area contributed by atoms with Crippen LogP contribution in [0.3, 0.4) is 0 Å². The zero-order valence-electron chi connectivity index (χ0n) is 16.9. The summed E-state index contributed by atoms with van der Waals surface area (Å²) in [5.41, 5.74) is 2.24. The van der Waals surface area contributed by atoms with E-state index in [2.05, 4.69) is 36.5 Å². The van der Waals surface area contributed by atoms with E-state index < -0.39 is 5.41 Å². The Bertz CT molecular complexity index is 926. The first-order valence-corrected chi connectivity index (χ1v) is 9.67. The lowest BCUT2D eigenvalue weighted by molar-refractivity contribution is -0.124. The van der Waals surface area contributed by atoms with Crippen molar-refractivity contribution in [3.63, 3.8) is 0 Å². The van der Waals surface area contributed by atoms with E-state index in [9.17, 15) is 4.79 Å². The van der Waals surface area contributed by atoms with E-state index in [1.54, 1.807) is 4.90 Å². The smallest absolute Gasteiger partial charge is 0.236 e. The highest BCUT2D eigenvalue weighted by atomic mass is 16.5. The molecule has 0 saturated carbocycles. The van der Waals surface area contributed by atoms with E-state index in [1.807, 2.05) is 56.5 Å². The standard InChI is InChI=1S/C23H27N3O2/c1-23(12-6-5-7-13-23)22(27)26(4)17-9-11-19-21(15-17)28-20-14-16(25(2)3)8-10-18(20)24-19/h5-12,15-16,24H,13-14H2,1-4H3/t16?,23-/m1/s1. The van der Waals surface area contributed by atoms with Gasteiger partial charge in [0.2, 0.25) is 5.91 Å². The molecule has 5 nitrogen and oxygen atoms in total. The average Bonchev–Trinajstić information content (AvgIpc) is 2.70. The van der Waals surface area contributed by atoms with Crippen LogP contribution in [0, 0.1) is 5.41 Å². The molecule has 1 aromatic rings. The summed E-state index contributed by atoms with van der Waals surface area (Å²) in [5.74, 6) is 1.77. The van der Waals surface area contributed by atoms with Crippen LogP contribution < -0.4 is 15.0 Å². The largest absolute Gasteiger partial charge is 0.457 e. The number of hydrogen-bond donors (Lipinski definition) is 1. The van der Waals surface area contributed by atoms with Crippen molar-refractivity contribution in [1.82, 2.24) is 4.90 Å². The highest BCUT2D eigenvalue weighted by Gasteiger charge is 2.34. The Hall–Kier alpha value is -2.79. The minimum Gasteiger partial charge on any atom is -0.457 e. The van der Waals surface area contributed by atoms with Gasteiger partial charge in [0.05, 0.1) is 16.8 Å². The summed E-state index contributed by atoms with van der Waals surface area (Å²) < 4.78 is 6.23. The third-order valence-electron chi connectivity index (χ3n) is 5.74. The van der Waals surface area contributed by atoms with Gasteiger partial charge in [0.15, 0.2) is 5.75 Å². The fraction of sp³-hybridized carbons (Fsp3) is 0.348. The van der Waals surface area contributed by atoms with Gasteiger partial charge in [-0.05, 0) is 45.6 Å². The van der Waals surface area contributed by atoms with Crippen LogP contribution in [0.2, 0.25) is 0 Å². The van der Waals surface area contributed by atoms with Gasteiger partial charge >= 0.3 is 0 Å². The predicted molar refractivity (Wildman–Crippen MR) is 113 cm³/mol. The number of carbonyl (C=O) groups excluding carboxylic acids is 1. The maximum atomic E-state index is 13.1. The lowest BCUT2D eigenvalue weighted by Crippen LogP contribution is -2.39. The fourth-order valence-electron chi connectivity index (χ4n) is 3.80. The van der Waals surface area contributed by atoms with Crippen LogP contribution in [0.4, 0.5) is 11.4 Å². The molecular weight excluding hydrogens is 350 g/mol. The number of ether oxygens (including phenoxy) is 1. The molecule has 1 aromatic carbocycles. The Kier molecular flexibility index (Phi) is 4.63. The Balaban J connectivity index is 1.56. The molecule has 1 unspecified atom stereocenters. The lowest BCUT2D eigenvalue weighted by atomic mass is 9.82. The normalized spacial score (nSPS) is 25.1. The number of allylic oxidation sites excluding steroid dienone is 4. The molecule has 5 heteroatoms. The predicted octanol–water partition coefficient (Wildman–Crippen LogP) is 4.08. The highest BCUT2D eigenvalue weighted by Crippen LogP contribution is 2.39. The molecule has 146 valence electrons. The molecule has 0 bridgehead atoms. The molecule has 0 radical (unpaired) electrons. The zero-order chi connectivity index (χ0) is 19.9. The number of benzene rings is 1. The lowest BCUT2D eigenvalue weighted by Gasteiger charge is -2.33. The zero-order valence-corrected chi connectivity index (χ0v) is 16.9. The third kappa shape index (κ3) is 3.27. The molecule has 1 heterocycles. The molecule has 0 aromatic heterocycles. The number of nitrogens with one attached hydrogen (secondary N) is 1. The molecule has 2 aliphatic carbocycles. The first-order valence-electron chi connectivity index (χ1n) is 9.67. The van der Waals surface area contributed by atoms with E-state index in [0.717, 1.165) is 35.0 Å². The van der Waals surface area contributed by atoms with Gasteiger partial charge in [-0.15, -0.1) is 0 Å². The van der Waals surface area contributed by atoms with Crippen LogP contribution in [0.1, 0.15) is 19.8 Å². The number of anilines is 2. The highest BCUT2D eigenvalue weighted by molar-refractivity contribution is 5.99. The van der Waals surface area contributed by atoms with Crippen LogP contribution in [0.15, 0.2) is 66.1 Å². The summed E-state index contributed by atoms with van der Waals surface area (Å²) in [6, 6.07) is 6.20. The second-order valence-electron chi connectivity index (χ2n) is 8.11. The summed E-state index contributed by atoms with van der Waals surface area (Å²) in [6.07, 6.45) is 13.8. The molecular formula is C23H27N3O2. The van der Waals surface area contributed by atoms with Crippen LogP contribution >= 0.6 is 0 Å².